The number of rotatable bonds is 6. The van der Waals surface area contributed by atoms with Crippen molar-refractivity contribution in [1.29, 1.82) is 5.26 Å². The molecule has 7 nitrogen and oxygen atoms in total. The van der Waals surface area contributed by atoms with Gasteiger partial charge in [-0.3, -0.25) is 10.1 Å². The summed E-state index contributed by atoms with van der Waals surface area (Å²) in [6.45, 7) is 1.85. The zero-order chi connectivity index (χ0) is 19.2. The molecule has 7 heteroatoms. The van der Waals surface area contributed by atoms with Gasteiger partial charge in [0, 0.05) is 22.8 Å². The maximum Gasteiger partial charge on any atom is 0.273 e. The van der Waals surface area contributed by atoms with E-state index in [2.05, 4.69) is 11.2 Å². The van der Waals surface area contributed by atoms with Crippen molar-refractivity contribution in [2.24, 2.45) is 5.16 Å². The summed E-state index contributed by atoms with van der Waals surface area (Å²) in [6, 6.07) is 17.5. The summed E-state index contributed by atoms with van der Waals surface area (Å²) >= 11 is 0. The Hall–Kier alpha value is -3.92. The van der Waals surface area contributed by atoms with Crippen molar-refractivity contribution in [1.82, 2.24) is 0 Å². The Morgan fingerprint density at radius 3 is 2.85 bits per heavy atom. The van der Waals surface area contributed by atoms with Crippen LogP contribution in [0.4, 0.5) is 5.69 Å². The van der Waals surface area contributed by atoms with Gasteiger partial charge in [0.2, 0.25) is 0 Å². The number of nitro benzene ring substituents is 1. The topological polar surface area (TPSA) is 102 Å². The van der Waals surface area contributed by atoms with Crippen LogP contribution in [-0.4, -0.2) is 11.1 Å². The Morgan fingerprint density at radius 2 is 2.07 bits per heavy atom. The van der Waals surface area contributed by atoms with Crippen molar-refractivity contribution >= 4 is 11.9 Å². The van der Waals surface area contributed by atoms with Crippen LogP contribution in [-0.2, 0) is 11.4 Å². The van der Waals surface area contributed by atoms with E-state index in [9.17, 15) is 10.1 Å². The fraction of sp³-hybridized carbons (Fsp3) is 0.100. The average molecular weight is 361 g/mol. The molecule has 1 aromatic heterocycles. The maximum absolute atomic E-state index is 11.1. The molecular weight excluding hydrogens is 346 g/mol. The normalized spacial score (nSPS) is 10.7. The molecule has 0 atom stereocenters. The van der Waals surface area contributed by atoms with Gasteiger partial charge in [-0.1, -0.05) is 35.5 Å². The molecule has 0 aliphatic heterocycles. The summed E-state index contributed by atoms with van der Waals surface area (Å²) in [7, 11) is 0. The lowest BCUT2D eigenvalue weighted by Gasteiger charge is -2.01. The molecule has 134 valence electrons. The molecule has 0 unspecified atom stereocenters. The third-order valence-electron chi connectivity index (χ3n) is 3.93. The second kappa shape index (κ2) is 7.97. The average Bonchev–Trinajstić information content (AvgIpc) is 3.14. The number of hydrogen-bond acceptors (Lipinski definition) is 6. The number of nitro groups is 1. The quantitative estimate of drug-likeness (QED) is 0.363. The number of nitrogens with zero attached hydrogens (tertiary/aromatic N) is 3. The van der Waals surface area contributed by atoms with Crippen LogP contribution in [0.1, 0.15) is 22.5 Å². The van der Waals surface area contributed by atoms with Gasteiger partial charge in [0.15, 0.2) is 0 Å². The van der Waals surface area contributed by atoms with E-state index in [0.29, 0.717) is 28.2 Å². The molecule has 0 amide bonds. The molecule has 2 aromatic carbocycles. The van der Waals surface area contributed by atoms with Crippen molar-refractivity contribution < 1.29 is 14.2 Å². The number of oxime groups is 1. The van der Waals surface area contributed by atoms with Crippen LogP contribution in [0.2, 0.25) is 0 Å². The largest absolute Gasteiger partial charge is 0.455 e. The molecule has 0 saturated carbocycles. The SMILES string of the molecule is Cc1ccc(-c2ccc(/C=N\OCc3ccccc3C#N)o2)cc1[N+](=O)[O-]. The van der Waals surface area contributed by atoms with Crippen molar-refractivity contribution in [2.45, 2.75) is 13.5 Å². The molecular formula is C20H15N3O4. The maximum atomic E-state index is 11.1. The van der Waals surface area contributed by atoms with Gasteiger partial charge in [-0.25, -0.2) is 0 Å². The summed E-state index contributed by atoms with van der Waals surface area (Å²) in [5, 5.41) is 23.9. The number of aryl methyl sites for hydroxylation is 1. The third kappa shape index (κ3) is 4.19. The summed E-state index contributed by atoms with van der Waals surface area (Å²) in [5.41, 5.74) is 2.51. The summed E-state index contributed by atoms with van der Waals surface area (Å²) in [5.74, 6) is 0.941. The van der Waals surface area contributed by atoms with Gasteiger partial charge in [-0.2, -0.15) is 5.26 Å². The lowest BCUT2D eigenvalue weighted by molar-refractivity contribution is -0.385. The Labute approximate surface area is 155 Å². The Morgan fingerprint density at radius 1 is 1.26 bits per heavy atom. The van der Waals surface area contributed by atoms with E-state index in [1.54, 1.807) is 49.4 Å². The van der Waals surface area contributed by atoms with Gasteiger partial charge in [0.05, 0.1) is 16.6 Å². The van der Waals surface area contributed by atoms with Gasteiger partial charge in [-0.05, 0) is 25.1 Å². The highest BCUT2D eigenvalue weighted by atomic mass is 16.6. The zero-order valence-corrected chi connectivity index (χ0v) is 14.5. The Balaban J connectivity index is 1.68. The van der Waals surface area contributed by atoms with Crippen LogP contribution < -0.4 is 0 Å². The van der Waals surface area contributed by atoms with E-state index in [1.165, 1.54) is 12.3 Å². The molecule has 0 spiro atoms. The van der Waals surface area contributed by atoms with Gasteiger partial charge in [-0.15, -0.1) is 0 Å². The first-order chi connectivity index (χ1) is 13.1. The zero-order valence-electron chi connectivity index (χ0n) is 14.5. The second-order valence-corrected chi connectivity index (χ2v) is 5.74. The van der Waals surface area contributed by atoms with Crippen LogP contribution >= 0.6 is 0 Å². The van der Waals surface area contributed by atoms with Crippen molar-refractivity contribution in [3.05, 3.63) is 87.2 Å². The van der Waals surface area contributed by atoms with Crippen LogP contribution in [0.3, 0.4) is 0 Å². The highest BCUT2D eigenvalue weighted by Crippen LogP contribution is 2.27. The lowest BCUT2D eigenvalue weighted by atomic mass is 10.1. The minimum absolute atomic E-state index is 0.0404. The molecule has 0 saturated heterocycles. The first kappa shape index (κ1) is 17.9. The summed E-state index contributed by atoms with van der Waals surface area (Å²) in [6.07, 6.45) is 1.40. The monoisotopic (exact) mass is 361 g/mol. The number of furan rings is 1. The standard InChI is InChI=1S/C20H15N3O4/c1-14-6-7-15(10-19(14)23(24)25)20-9-8-18(27-20)12-22-26-13-17-5-3-2-4-16(17)11-21/h2-10,12H,13H2,1H3/b22-12-. The van der Waals surface area contributed by atoms with Crippen LogP contribution in [0.5, 0.6) is 0 Å². The van der Waals surface area contributed by atoms with Crippen LogP contribution in [0.15, 0.2) is 64.2 Å². The molecule has 1 heterocycles. The minimum atomic E-state index is -0.420. The molecule has 27 heavy (non-hydrogen) atoms. The van der Waals surface area contributed by atoms with Crippen LogP contribution in [0.25, 0.3) is 11.3 Å². The lowest BCUT2D eigenvalue weighted by Crippen LogP contribution is -1.92. The van der Waals surface area contributed by atoms with E-state index in [0.717, 1.165) is 5.56 Å². The highest BCUT2D eigenvalue weighted by Gasteiger charge is 2.13. The predicted octanol–water partition coefficient (Wildman–Crippen LogP) is 4.59. The van der Waals surface area contributed by atoms with Gasteiger partial charge >= 0.3 is 0 Å². The molecule has 3 aromatic rings. The summed E-state index contributed by atoms with van der Waals surface area (Å²) < 4.78 is 5.64. The predicted molar refractivity (Wildman–Crippen MR) is 99.1 cm³/mol. The molecule has 0 bridgehead atoms. The third-order valence-corrected chi connectivity index (χ3v) is 3.93. The van der Waals surface area contributed by atoms with Crippen molar-refractivity contribution in [3.63, 3.8) is 0 Å². The highest BCUT2D eigenvalue weighted by molar-refractivity contribution is 5.77. The van der Waals surface area contributed by atoms with E-state index in [-0.39, 0.29) is 12.3 Å². The van der Waals surface area contributed by atoms with E-state index < -0.39 is 4.92 Å². The molecule has 0 aliphatic carbocycles. The van der Waals surface area contributed by atoms with Crippen molar-refractivity contribution in [2.75, 3.05) is 0 Å². The van der Waals surface area contributed by atoms with E-state index in [4.69, 9.17) is 14.5 Å². The summed E-state index contributed by atoms with van der Waals surface area (Å²) in [4.78, 5) is 15.9. The van der Waals surface area contributed by atoms with E-state index >= 15 is 0 Å². The smallest absolute Gasteiger partial charge is 0.273 e. The number of nitriles is 1. The molecule has 0 radical (unpaired) electrons. The first-order valence-electron chi connectivity index (χ1n) is 8.07. The molecule has 3 rings (SSSR count). The van der Waals surface area contributed by atoms with Crippen molar-refractivity contribution in [3.8, 4) is 17.4 Å². The van der Waals surface area contributed by atoms with Gasteiger partial charge in [0.1, 0.15) is 24.3 Å². The number of hydrogen-bond donors (Lipinski definition) is 0. The first-order valence-corrected chi connectivity index (χ1v) is 8.07. The fourth-order valence-electron chi connectivity index (χ4n) is 2.49. The Bertz CT molecular complexity index is 1050. The van der Waals surface area contributed by atoms with Crippen LogP contribution in [0, 0.1) is 28.4 Å². The van der Waals surface area contributed by atoms with Gasteiger partial charge in [0.25, 0.3) is 5.69 Å². The second-order valence-electron chi connectivity index (χ2n) is 5.74. The fourth-order valence-corrected chi connectivity index (χ4v) is 2.49. The molecule has 0 N–H and O–H groups in total. The molecule has 0 aliphatic rings. The number of benzene rings is 2. The van der Waals surface area contributed by atoms with E-state index in [1.807, 2.05) is 6.07 Å². The Kier molecular flexibility index (Phi) is 5.28. The minimum Gasteiger partial charge on any atom is -0.455 e. The van der Waals surface area contributed by atoms with Gasteiger partial charge < -0.3 is 9.25 Å². The molecule has 0 fully saturated rings.